The minimum absolute atomic E-state index is 0.200. The van der Waals surface area contributed by atoms with E-state index in [1.807, 2.05) is 7.05 Å². The highest BCUT2D eigenvalue weighted by Crippen LogP contribution is 2.22. The maximum Gasteiger partial charge on any atom is 0.241 e. The molecule has 17 heavy (non-hydrogen) atoms. The first kappa shape index (κ1) is 12.0. The third-order valence-electron chi connectivity index (χ3n) is 3.36. The van der Waals surface area contributed by atoms with E-state index in [2.05, 4.69) is 43.0 Å². The Morgan fingerprint density at radius 3 is 2.65 bits per heavy atom. The molecule has 3 nitrogen and oxygen atoms in total. The lowest BCUT2D eigenvalue weighted by Crippen LogP contribution is -2.48. The zero-order valence-electron chi connectivity index (χ0n) is 10.8. The molecule has 1 aromatic carbocycles. The fraction of sp³-hybridized carbons (Fsp3) is 0.500. The van der Waals surface area contributed by atoms with E-state index in [1.54, 1.807) is 4.90 Å². The second-order valence-corrected chi connectivity index (χ2v) is 4.99. The highest BCUT2D eigenvalue weighted by molar-refractivity contribution is 5.82. The van der Waals surface area contributed by atoms with Crippen LogP contribution in [0.3, 0.4) is 0 Å². The quantitative estimate of drug-likeness (QED) is 0.779. The number of carbonyl (C=O) groups is 1. The number of amides is 1. The second kappa shape index (κ2) is 4.78. The van der Waals surface area contributed by atoms with Crippen LogP contribution in [0.4, 0.5) is 5.69 Å². The molecule has 0 aliphatic carbocycles. The largest absolute Gasteiger partial charge is 0.360 e. The fourth-order valence-corrected chi connectivity index (χ4v) is 2.06. The van der Waals surface area contributed by atoms with Crippen molar-refractivity contribution in [2.75, 3.05) is 31.6 Å². The van der Waals surface area contributed by atoms with Crippen LogP contribution < -0.4 is 4.90 Å². The van der Waals surface area contributed by atoms with Gasteiger partial charge in [0.15, 0.2) is 0 Å². The Balaban J connectivity index is 2.17. The topological polar surface area (TPSA) is 23.6 Å². The van der Waals surface area contributed by atoms with Crippen molar-refractivity contribution in [3.63, 3.8) is 0 Å². The van der Waals surface area contributed by atoms with Gasteiger partial charge in [0.25, 0.3) is 0 Å². The highest BCUT2D eigenvalue weighted by Gasteiger charge is 2.21. The number of hydrogen-bond donors (Lipinski definition) is 0. The van der Waals surface area contributed by atoms with Crippen molar-refractivity contribution in [2.24, 2.45) is 0 Å². The van der Waals surface area contributed by atoms with Crippen molar-refractivity contribution >= 4 is 11.6 Å². The van der Waals surface area contributed by atoms with Gasteiger partial charge in [-0.25, -0.2) is 0 Å². The number of rotatable bonds is 2. The molecule has 0 bridgehead atoms. The van der Waals surface area contributed by atoms with Crippen molar-refractivity contribution in [3.05, 3.63) is 29.8 Å². The molecule has 0 atom stereocenters. The Bertz CT molecular complexity index is 414. The summed E-state index contributed by atoms with van der Waals surface area (Å²) in [5.41, 5.74) is 2.49. The lowest BCUT2D eigenvalue weighted by molar-refractivity contribution is -0.129. The van der Waals surface area contributed by atoms with Gasteiger partial charge in [0.2, 0.25) is 5.91 Å². The number of anilines is 1. The molecule has 1 aliphatic rings. The molecular weight excluding hydrogens is 212 g/mol. The van der Waals surface area contributed by atoms with Crippen molar-refractivity contribution < 1.29 is 4.79 Å². The van der Waals surface area contributed by atoms with E-state index in [1.165, 1.54) is 5.56 Å². The van der Waals surface area contributed by atoms with Gasteiger partial charge in [-0.15, -0.1) is 0 Å². The zero-order valence-corrected chi connectivity index (χ0v) is 10.8. The number of likely N-dealkylation sites (N-methyl/N-ethyl adjacent to an activating group) is 1. The molecule has 1 saturated heterocycles. The average molecular weight is 232 g/mol. The minimum atomic E-state index is 0.200. The van der Waals surface area contributed by atoms with Crippen molar-refractivity contribution in [1.29, 1.82) is 0 Å². The lowest BCUT2D eigenvalue weighted by atomic mass is 10.0. The lowest BCUT2D eigenvalue weighted by Gasteiger charge is -2.33. The molecule has 1 amide bonds. The predicted molar refractivity (Wildman–Crippen MR) is 70.4 cm³/mol. The van der Waals surface area contributed by atoms with Crippen molar-refractivity contribution in [1.82, 2.24) is 4.90 Å². The number of nitrogens with zero attached hydrogens (tertiary/aromatic N) is 2. The van der Waals surface area contributed by atoms with Crippen LogP contribution in [0.1, 0.15) is 25.3 Å². The summed E-state index contributed by atoms with van der Waals surface area (Å²) in [5.74, 6) is 0.726. The zero-order chi connectivity index (χ0) is 12.4. The van der Waals surface area contributed by atoms with E-state index in [9.17, 15) is 4.79 Å². The van der Waals surface area contributed by atoms with Gasteiger partial charge >= 0.3 is 0 Å². The summed E-state index contributed by atoms with van der Waals surface area (Å²) in [4.78, 5) is 15.6. The normalized spacial score (nSPS) is 16.8. The maximum absolute atomic E-state index is 11.7. The van der Waals surface area contributed by atoms with Crippen molar-refractivity contribution in [2.45, 2.75) is 19.8 Å². The highest BCUT2D eigenvalue weighted by atomic mass is 16.2. The molecule has 1 heterocycles. The predicted octanol–water partition coefficient (Wildman–Crippen LogP) is 2.09. The summed E-state index contributed by atoms with van der Waals surface area (Å²) in [6.07, 6.45) is 0. The standard InChI is InChI=1S/C14H20N2O/c1-11(2)12-5-4-6-13(9-12)16-8-7-15(3)14(17)10-16/h4-6,9,11H,7-8,10H2,1-3H3. The van der Waals surface area contributed by atoms with Crippen LogP contribution in [-0.4, -0.2) is 37.5 Å². The van der Waals surface area contributed by atoms with E-state index < -0.39 is 0 Å². The van der Waals surface area contributed by atoms with Crippen LogP contribution >= 0.6 is 0 Å². The van der Waals surface area contributed by atoms with E-state index in [-0.39, 0.29) is 5.91 Å². The van der Waals surface area contributed by atoms with Crippen molar-refractivity contribution in [3.8, 4) is 0 Å². The molecule has 0 N–H and O–H groups in total. The third kappa shape index (κ3) is 2.60. The van der Waals surface area contributed by atoms with Gasteiger partial charge in [0, 0.05) is 25.8 Å². The first-order valence-corrected chi connectivity index (χ1v) is 6.17. The number of piperazine rings is 1. The smallest absolute Gasteiger partial charge is 0.241 e. The summed E-state index contributed by atoms with van der Waals surface area (Å²) >= 11 is 0. The van der Waals surface area contributed by atoms with Gasteiger partial charge in [0.05, 0.1) is 6.54 Å². The first-order valence-electron chi connectivity index (χ1n) is 6.17. The summed E-state index contributed by atoms with van der Waals surface area (Å²) in [6, 6.07) is 8.51. The van der Waals surface area contributed by atoms with E-state index >= 15 is 0 Å². The first-order chi connectivity index (χ1) is 8.08. The average Bonchev–Trinajstić information content (AvgIpc) is 2.33. The van der Waals surface area contributed by atoms with Crippen LogP contribution in [0.15, 0.2) is 24.3 Å². The van der Waals surface area contributed by atoms with Crippen LogP contribution in [0.5, 0.6) is 0 Å². The molecular formula is C14H20N2O. The van der Waals surface area contributed by atoms with E-state index in [0.29, 0.717) is 12.5 Å². The summed E-state index contributed by atoms with van der Waals surface area (Å²) in [6.45, 7) is 6.61. The molecule has 0 saturated carbocycles. The molecule has 1 fully saturated rings. The molecule has 1 aliphatic heterocycles. The van der Waals surface area contributed by atoms with Crippen LogP contribution in [0.25, 0.3) is 0 Å². The monoisotopic (exact) mass is 232 g/mol. The van der Waals surface area contributed by atoms with Crippen LogP contribution in [0.2, 0.25) is 0 Å². The number of carbonyl (C=O) groups excluding carboxylic acids is 1. The second-order valence-electron chi connectivity index (χ2n) is 4.99. The van der Waals surface area contributed by atoms with Gasteiger partial charge in [-0.1, -0.05) is 26.0 Å². The molecule has 0 aromatic heterocycles. The van der Waals surface area contributed by atoms with Gasteiger partial charge in [-0.05, 0) is 23.6 Å². The van der Waals surface area contributed by atoms with Gasteiger partial charge < -0.3 is 9.80 Å². The van der Waals surface area contributed by atoms with E-state index in [0.717, 1.165) is 18.8 Å². The molecule has 0 radical (unpaired) electrons. The Hall–Kier alpha value is -1.51. The Morgan fingerprint density at radius 2 is 2.00 bits per heavy atom. The number of hydrogen-bond acceptors (Lipinski definition) is 2. The Morgan fingerprint density at radius 1 is 1.24 bits per heavy atom. The summed E-state index contributed by atoms with van der Waals surface area (Å²) in [7, 11) is 1.87. The Labute approximate surface area is 103 Å². The molecule has 0 spiro atoms. The van der Waals surface area contributed by atoms with Crippen LogP contribution in [-0.2, 0) is 4.79 Å². The molecule has 0 unspecified atom stereocenters. The maximum atomic E-state index is 11.7. The molecule has 92 valence electrons. The van der Waals surface area contributed by atoms with E-state index in [4.69, 9.17) is 0 Å². The minimum Gasteiger partial charge on any atom is -0.360 e. The van der Waals surface area contributed by atoms with Gasteiger partial charge in [-0.3, -0.25) is 4.79 Å². The number of benzene rings is 1. The summed E-state index contributed by atoms with van der Waals surface area (Å²) < 4.78 is 0. The Kier molecular flexibility index (Phi) is 3.36. The fourth-order valence-electron chi connectivity index (χ4n) is 2.06. The van der Waals surface area contributed by atoms with Gasteiger partial charge in [0.1, 0.15) is 0 Å². The molecule has 2 rings (SSSR count). The molecule has 1 aromatic rings. The van der Waals surface area contributed by atoms with Gasteiger partial charge in [-0.2, -0.15) is 0 Å². The SMILES string of the molecule is CC(C)c1cccc(N2CCN(C)C(=O)C2)c1. The van der Waals surface area contributed by atoms with Crippen LogP contribution in [0, 0.1) is 0 Å². The third-order valence-corrected chi connectivity index (χ3v) is 3.36. The molecule has 3 heteroatoms. The summed E-state index contributed by atoms with van der Waals surface area (Å²) in [5, 5.41) is 0.